The van der Waals surface area contributed by atoms with Crippen LogP contribution in [0.5, 0.6) is 0 Å². The fourth-order valence-electron chi connectivity index (χ4n) is 2.09. The monoisotopic (exact) mass is 314 g/mol. The van der Waals surface area contributed by atoms with E-state index in [1.165, 1.54) is 0 Å². The summed E-state index contributed by atoms with van der Waals surface area (Å²) in [6.45, 7) is 3.40. The molecular weight excluding hydrogens is 298 g/mol. The first-order valence-corrected chi connectivity index (χ1v) is 6.44. The summed E-state index contributed by atoms with van der Waals surface area (Å²) in [6, 6.07) is 1.21. The Bertz CT molecular complexity index is 445. The van der Waals surface area contributed by atoms with Crippen LogP contribution in [0.15, 0.2) is 18.2 Å². The van der Waals surface area contributed by atoms with Crippen LogP contribution in [0.25, 0.3) is 0 Å². The smallest absolute Gasteiger partial charge is 0.388 e. The van der Waals surface area contributed by atoms with Gasteiger partial charge >= 0.3 is 12.4 Å². The van der Waals surface area contributed by atoms with Crippen LogP contribution in [-0.4, -0.2) is 5.11 Å². The second-order valence-corrected chi connectivity index (χ2v) is 5.05. The van der Waals surface area contributed by atoms with Crippen LogP contribution in [0.1, 0.15) is 49.5 Å². The van der Waals surface area contributed by atoms with E-state index in [1.807, 2.05) is 6.92 Å². The Labute approximate surface area is 118 Å². The fourth-order valence-corrected chi connectivity index (χ4v) is 2.09. The summed E-state index contributed by atoms with van der Waals surface area (Å²) >= 11 is 0. The highest BCUT2D eigenvalue weighted by Gasteiger charge is 2.37. The zero-order valence-electron chi connectivity index (χ0n) is 11.5. The largest absolute Gasteiger partial charge is 0.416 e. The molecule has 0 bridgehead atoms. The zero-order valence-corrected chi connectivity index (χ0v) is 11.5. The van der Waals surface area contributed by atoms with Crippen LogP contribution >= 0.6 is 0 Å². The van der Waals surface area contributed by atoms with E-state index < -0.39 is 35.5 Å². The number of benzene rings is 1. The number of aliphatic hydroxyl groups is 1. The predicted molar refractivity (Wildman–Crippen MR) is 65.5 cm³/mol. The first kappa shape index (κ1) is 17.8. The van der Waals surface area contributed by atoms with Gasteiger partial charge in [-0.2, -0.15) is 26.3 Å². The van der Waals surface area contributed by atoms with Gasteiger partial charge in [0, 0.05) is 0 Å². The number of rotatable bonds is 4. The minimum Gasteiger partial charge on any atom is -0.388 e. The number of aliphatic hydroxyl groups excluding tert-OH is 1. The van der Waals surface area contributed by atoms with Crippen LogP contribution in [0, 0.1) is 5.92 Å². The van der Waals surface area contributed by atoms with Crippen molar-refractivity contribution < 1.29 is 31.4 Å². The van der Waals surface area contributed by atoms with Gasteiger partial charge in [0.2, 0.25) is 0 Å². The van der Waals surface area contributed by atoms with E-state index in [4.69, 9.17) is 0 Å². The topological polar surface area (TPSA) is 20.2 Å². The zero-order chi connectivity index (χ0) is 16.4. The Balaban J connectivity index is 3.32. The summed E-state index contributed by atoms with van der Waals surface area (Å²) in [5.74, 6) is -0.431. The lowest BCUT2D eigenvalue weighted by atomic mass is 9.91. The molecule has 2 atom stereocenters. The Morgan fingerprint density at radius 2 is 1.38 bits per heavy atom. The van der Waals surface area contributed by atoms with E-state index in [9.17, 15) is 31.4 Å². The second-order valence-electron chi connectivity index (χ2n) is 5.05. The molecule has 7 heteroatoms. The molecule has 0 heterocycles. The third-order valence-electron chi connectivity index (χ3n) is 3.23. The quantitative estimate of drug-likeness (QED) is 0.758. The van der Waals surface area contributed by atoms with Crippen molar-refractivity contribution in [2.45, 2.75) is 45.1 Å². The molecule has 1 nitrogen and oxygen atoms in total. The third kappa shape index (κ3) is 4.62. The minimum atomic E-state index is -4.90. The first-order chi connectivity index (χ1) is 9.46. The molecule has 0 saturated carbocycles. The average Bonchev–Trinajstić information content (AvgIpc) is 2.35. The van der Waals surface area contributed by atoms with Gasteiger partial charge in [0.1, 0.15) is 0 Å². The molecule has 0 amide bonds. The van der Waals surface area contributed by atoms with E-state index in [0.29, 0.717) is 25.0 Å². The van der Waals surface area contributed by atoms with E-state index in [0.717, 1.165) is 0 Å². The van der Waals surface area contributed by atoms with Gasteiger partial charge in [0.15, 0.2) is 0 Å². The lowest BCUT2D eigenvalue weighted by Crippen LogP contribution is -2.15. The molecule has 0 radical (unpaired) electrons. The van der Waals surface area contributed by atoms with Crippen molar-refractivity contribution in [2.24, 2.45) is 5.92 Å². The predicted octanol–water partition coefficient (Wildman–Crippen LogP) is 5.19. The molecule has 0 aromatic heterocycles. The highest BCUT2D eigenvalue weighted by atomic mass is 19.4. The van der Waals surface area contributed by atoms with Gasteiger partial charge in [-0.3, -0.25) is 0 Å². The Morgan fingerprint density at radius 3 is 1.71 bits per heavy atom. The number of hydrogen-bond donors (Lipinski definition) is 1. The van der Waals surface area contributed by atoms with Gasteiger partial charge < -0.3 is 5.11 Å². The Hall–Kier alpha value is -1.24. The summed E-state index contributed by atoms with van der Waals surface area (Å²) in [7, 11) is 0. The lowest BCUT2D eigenvalue weighted by Gasteiger charge is -2.21. The number of hydrogen-bond acceptors (Lipinski definition) is 1. The van der Waals surface area contributed by atoms with Crippen molar-refractivity contribution >= 4 is 0 Å². The summed E-state index contributed by atoms with van der Waals surface area (Å²) in [5.41, 5.74) is -3.18. The Kier molecular flexibility index (Phi) is 5.30. The van der Waals surface area contributed by atoms with E-state index in [2.05, 4.69) is 0 Å². The standard InChI is InChI=1S/C14H16F6O/c1-3-4-8(2)12(21)9-5-10(13(15,16)17)7-11(6-9)14(18,19)20/h5-8,12,21H,3-4H2,1-2H3. The average molecular weight is 314 g/mol. The van der Waals surface area contributed by atoms with Crippen molar-refractivity contribution in [3.05, 3.63) is 34.9 Å². The molecule has 1 rings (SSSR count). The van der Waals surface area contributed by atoms with Crippen LogP contribution in [0.4, 0.5) is 26.3 Å². The molecule has 1 aromatic rings. The van der Waals surface area contributed by atoms with Gasteiger partial charge in [-0.25, -0.2) is 0 Å². The highest BCUT2D eigenvalue weighted by molar-refractivity contribution is 5.35. The van der Waals surface area contributed by atoms with E-state index >= 15 is 0 Å². The number of halogens is 6. The Morgan fingerprint density at radius 1 is 0.952 bits per heavy atom. The molecule has 0 fully saturated rings. The third-order valence-corrected chi connectivity index (χ3v) is 3.23. The maximum absolute atomic E-state index is 12.7. The van der Waals surface area contributed by atoms with E-state index in [1.54, 1.807) is 6.92 Å². The summed E-state index contributed by atoms with van der Waals surface area (Å²) in [6.07, 6.45) is -10.00. The van der Waals surface area contributed by atoms with Crippen molar-refractivity contribution in [1.29, 1.82) is 0 Å². The van der Waals surface area contributed by atoms with Crippen LogP contribution in [0.3, 0.4) is 0 Å². The molecule has 0 aliphatic carbocycles. The molecule has 21 heavy (non-hydrogen) atoms. The van der Waals surface area contributed by atoms with Gasteiger partial charge in [-0.1, -0.05) is 20.3 Å². The molecule has 0 spiro atoms. The normalized spacial score (nSPS) is 15.9. The van der Waals surface area contributed by atoms with Crippen LogP contribution in [0.2, 0.25) is 0 Å². The van der Waals surface area contributed by atoms with Gasteiger partial charge in [0.25, 0.3) is 0 Å². The molecule has 1 N–H and O–H groups in total. The van der Waals surface area contributed by atoms with Gasteiger partial charge in [-0.15, -0.1) is 0 Å². The fraction of sp³-hybridized carbons (Fsp3) is 0.571. The minimum absolute atomic E-state index is 0.0563. The first-order valence-electron chi connectivity index (χ1n) is 6.44. The van der Waals surface area contributed by atoms with Crippen molar-refractivity contribution in [3.8, 4) is 0 Å². The van der Waals surface area contributed by atoms with Crippen molar-refractivity contribution in [3.63, 3.8) is 0 Å². The second kappa shape index (κ2) is 6.25. The van der Waals surface area contributed by atoms with Crippen molar-refractivity contribution in [1.82, 2.24) is 0 Å². The molecule has 1 aromatic carbocycles. The molecular formula is C14H16F6O. The van der Waals surface area contributed by atoms with Gasteiger partial charge in [-0.05, 0) is 36.1 Å². The van der Waals surface area contributed by atoms with E-state index in [-0.39, 0.29) is 11.6 Å². The summed E-state index contributed by atoms with van der Waals surface area (Å²) in [5, 5.41) is 9.97. The van der Waals surface area contributed by atoms with Gasteiger partial charge in [0.05, 0.1) is 17.2 Å². The molecule has 0 saturated heterocycles. The summed E-state index contributed by atoms with van der Waals surface area (Å²) in [4.78, 5) is 0. The maximum atomic E-state index is 12.7. The van der Waals surface area contributed by atoms with Crippen LogP contribution in [-0.2, 0) is 12.4 Å². The number of alkyl halides is 6. The van der Waals surface area contributed by atoms with Crippen LogP contribution < -0.4 is 0 Å². The molecule has 0 aliphatic rings. The molecule has 0 aliphatic heterocycles. The maximum Gasteiger partial charge on any atom is 0.416 e. The molecule has 120 valence electrons. The SMILES string of the molecule is CCCC(C)C(O)c1cc(C(F)(F)F)cc(C(F)(F)F)c1. The van der Waals surface area contributed by atoms with Crippen molar-refractivity contribution in [2.75, 3.05) is 0 Å². The summed E-state index contributed by atoms with van der Waals surface area (Å²) < 4.78 is 76.2. The lowest BCUT2D eigenvalue weighted by molar-refractivity contribution is -0.143. The highest BCUT2D eigenvalue weighted by Crippen LogP contribution is 2.38. The molecule has 2 unspecified atom stereocenters.